The summed E-state index contributed by atoms with van der Waals surface area (Å²) in [5.74, 6) is 0.876. The Hall–Kier alpha value is -3.12. The van der Waals surface area contributed by atoms with Crippen molar-refractivity contribution in [1.82, 2.24) is 19.2 Å². The lowest BCUT2D eigenvalue weighted by atomic mass is 9.92. The van der Waals surface area contributed by atoms with Crippen LogP contribution in [0.4, 0.5) is 0 Å². The fourth-order valence-corrected chi connectivity index (χ4v) is 5.26. The zero-order valence-electron chi connectivity index (χ0n) is 18.9. The highest BCUT2D eigenvalue weighted by atomic mass is 35.5. The van der Waals surface area contributed by atoms with Crippen molar-refractivity contribution in [2.24, 2.45) is 11.8 Å². The van der Waals surface area contributed by atoms with Gasteiger partial charge in [-0.15, -0.1) is 0 Å². The number of carbonyl (C=O) groups excluding carboxylic acids is 1. The number of rotatable bonds is 4. The molecular formula is C26H27ClN4O2. The summed E-state index contributed by atoms with van der Waals surface area (Å²) in [5, 5.41) is 6.84. The summed E-state index contributed by atoms with van der Waals surface area (Å²) in [6.45, 7) is 6.28. The SMILES string of the molecule is C[C@@H]1C[C@@H](C)CN(C(=O)Cn2ncc3c4ccccc4n(Cc4ccc(Cl)cc4)c3c2=O)C1. The number of hydrogen-bond donors (Lipinski definition) is 0. The molecule has 0 aliphatic carbocycles. The fraction of sp³-hybridized carbons (Fsp3) is 0.346. The first-order chi connectivity index (χ1) is 15.9. The zero-order valence-corrected chi connectivity index (χ0v) is 19.6. The number of fused-ring (bicyclic) bond motifs is 3. The first-order valence-electron chi connectivity index (χ1n) is 11.4. The van der Waals surface area contributed by atoms with E-state index in [1.165, 1.54) is 4.68 Å². The van der Waals surface area contributed by atoms with E-state index in [0.29, 0.717) is 28.9 Å². The van der Waals surface area contributed by atoms with Crippen molar-refractivity contribution >= 4 is 39.3 Å². The summed E-state index contributed by atoms with van der Waals surface area (Å²) >= 11 is 6.06. The Morgan fingerprint density at radius 1 is 1.03 bits per heavy atom. The van der Waals surface area contributed by atoms with Gasteiger partial charge < -0.3 is 9.47 Å². The molecule has 2 atom stereocenters. The lowest BCUT2D eigenvalue weighted by Crippen LogP contribution is -2.45. The number of carbonyl (C=O) groups is 1. The maximum absolute atomic E-state index is 13.6. The van der Waals surface area contributed by atoms with Gasteiger partial charge in [-0.2, -0.15) is 5.10 Å². The fourth-order valence-electron chi connectivity index (χ4n) is 5.14. The van der Waals surface area contributed by atoms with Gasteiger partial charge in [-0.05, 0) is 42.0 Å². The predicted molar refractivity (Wildman–Crippen MR) is 132 cm³/mol. The van der Waals surface area contributed by atoms with Crippen LogP contribution >= 0.6 is 11.6 Å². The average Bonchev–Trinajstić information content (AvgIpc) is 3.11. The normalized spacial score (nSPS) is 18.8. The van der Waals surface area contributed by atoms with Gasteiger partial charge in [0.15, 0.2) is 0 Å². The quantitative estimate of drug-likeness (QED) is 0.446. The van der Waals surface area contributed by atoms with Gasteiger partial charge in [0.1, 0.15) is 12.1 Å². The maximum Gasteiger partial charge on any atom is 0.291 e. The lowest BCUT2D eigenvalue weighted by molar-refractivity contribution is -0.134. The standard InChI is InChI=1S/C26H27ClN4O2/c1-17-11-18(2)14-29(13-17)24(32)16-31-26(33)25-22(12-28-31)21-5-3-4-6-23(21)30(25)15-19-7-9-20(27)10-8-19/h3-10,12,17-18H,11,13-16H2,1-2H3/t17-,18-/m1/s1. The molecule has 1 amide bonds. The summed E-state index contributed by atoms with van der Waals surface area (Å²) in [4.78, 5) is 28.5. The summed E-state index contributed by atoms with van der Waals surface area (Å²) < 4.78 is 3.33. The van der Waals surface area contributed by atoms with E-state index >= 15 is 0 Å². The van der Waals surface area contributed by atoms with Crippen molar-refractivity contribution in [3.05, 3.63) is 75.7 Å². The smallest absolute Gasteiger partial charge is 0.291 e. The molecule has 1 fully saturated rings. The van der Waals surface area contributed by atoms with Gasteiger partial charge >= 0.3 is 0 Å². The highest BCUT2D eigenvalue weighted by Crippen LogP contribution is 2.27. The number of aromatic nitrogens is 3. The molecule has 5 rings (SSSR count). The highest BCUT2D eigenvalue weighted by Gasteiger charge is 2.26. The number of para-hydroxylation sites is 1. The Labute approximate surface area is 197 Å². The first-order valence-corrected chi connectivity index (χ1v) is 11.8. The number of benzene rings is 2. The van der Waals surface area contributed by atoms with E-state index < -0.39 is 0 Å². The Kier molecular flexibility index (Phi) is 5.71. The highest BCUT2D eigenvalue weighted by molar-refractivity contribution is 6.30. The van der Waals surface area contributed by atoms with E-state index in [0.717, 1.165) is 41.4 Å². The van der Waals surface area contributed by atoms with Gasteiger partial charge in [0.2, 0.25) is 5.91 Å². The molecule has 0 spiro atoms. The Balaban J connectivity index is 1.56. The van der Waals surface area contributed by atoms with Gasteiger partial charge in [-0.3, -0.25) is 9.59 Å². The molecule has 1 aliphatic heterocycles. The summed E-state index contributed by atoms with van der Waals surface area (Å²) in [5.41, 5.74) is 2.32. The third kappa shape index (κ3) is 4.15. The average molecular weight is 463 g/mol. The minimum Gasteiger partial charge on any atom is -0.341 e. The van der Waals surface area contributed by atoms with Crippen LogP contribution < -0.4 is 5.56 Å². The van der Waals surface area contributed by atoms with Crippen LogP contribution in [0, 0.1) is 11.8 Å². The van der Waals surface area contributed by atoms with Crippen molar-refractivity contribution in [2.75, 3.05) is 13.1 Å². The number of hydrogen-bond acceptors (Lipinski definition) is 3. The van der Waals surface area contributed by atoms with E-state index in [4.69, 9.17) is 11.6 Å². The van der Waals surface area contributed by atoms with Gasteiger partial charge in [-0.1, -0.05) is 55.8 Å². The van der Waals surface area contributed by atoms with Gasteiger partial charge in [0.05, 0.1) is 6.20 Å². The molecule has 4 aromatic rings. The third-order valence-corrected chi connectivity index (χ3v) is 6.79. The van der Waals surface area contributed by atoms with Crippen LogP contribution in [-0.2, 0) is 17.9 Å². The van der Waals surface area contributed by atoms with E-state index in [1.54, 1.807) is 6.20 Å². The van der Waals surface area contributed by atoms with Gasteiger partial charge in [-0.25, -0.2) is 4.68 Å². The molecule has 170 valence electrons. The molecular weight excluding hydrogens is 436 g/mol. The molecule has 0 saturated carbocycles. The number of likely N-dealkylation sites (tertiary alicyclic amines) is 1. The second-order valence-electron chi connectivity index (χ2n) is 9.34. The number of amides is 1. The van der Waals surface area contributed by atoms with Crippen LogP contribution in [0.5, 0.6) is 0 Å². The van der Waals surface area contributed by atoms with E-state index in [9.17, 15) is 9.59 Å². The minimum absolute atomic E-state index is 0.0450. The molecule has 1 aliphatic rings. The molecule has 0 radical (unpaired) electrons. The topological polar surface area (TPSA) is 60.1 Å². The van der Waals surface area contributed by atoms with Gasteiger partial charge in [0.25, 0.3) is 5.56 Å². The number of piperidine rings is 1. The van der Waals surface area contributed by atoms with Crippen molar-refractivity contribution in [3.8, 4) is 0 Å². The summed E-state index contributed by atoms with van der Waals surface area (Å²) in [6.07, 6.45) is 2.84. The molecule has 0 N–H and O–H groups in total. The monoisotopic (exact) mass is 462 g/mol. The molecule has 1 saturated heterocycles. The molecule has 2 aromatic carbocycles. The molecule has 0 bridgehead atoms. The number of nitrogens with zero attached hydrogens (tertiary/aromatic N) is 4. The molecule has 0 unspecified atom stereocenters. The van der Waals surface area contributed by atoms with E-state index in [-0.39, 0.29) is 18.0 Å². The lowest BCUT2D eigenvalue weighted by Gasteiger charge is -2.35. The van der Waals surface area contributed by atoms with Crippen LogP contribution in [0.25, 0.3) is 21.8 Å². The first kappa shape index (κ1) is 21.7. The van der Waals surface area contributed by atoms with Crippen LogP contribution in [0.3, 0.4) is 0 Å². The summed E-state index contributed by atoms with van der Waals surface area (Å²) in [6, 6.07) is 15.6. The van der Waals surface area contributed by atoms with Crippen molar-refractivity contribution in [1.29, 1.82) is 0 Å². The summed E-state index contributed by atoms with van der Waals surface area (Å²) in [7, 11) is 0. The van der Waals surface area contributed by atoms with Crippen molar-refractivity contribution in [2.45, 2.75) is 33.4 Å². The van der Waals surface area contributed by atoms with Crippen LogP contribution in [0.15, 0.2) is 59.5 Å². The third-order valence-electron chi connectivity index (χ3n) is 6.53. The van der Waals surface area contributed by atoms with E-state index in [1.807, 2.05) is 58.0 Å². The van der Waals surface area contributed by atoms with Crippen molar-refractivity contribution in [3.63, 3.8) is 0 Å². The van der Waals surface area contributed by atoms with E-state index in [2.05, 4.69) is 18.9 Å². The zero-order chi connectivity index (χ0) is 23.1. The molecule has 2 aromatic heterocycles. The second-order valence-corrected chi connectivity index (χ2v) is 9.78. The van der Waals surface area contributed by atoms with Crippen LogP contribution in [0.1, 0.15) is 25.8 Å². The molecule has 33 heavy (non-hydrogen) atoms. The van der Waals surface area contributed by atoms with Gasteiger partial charge in [0, 0.05) is 40.9 Å². The van der Waals surface area contributed by atoms with Crippen LogP contribution in [0.2, 0.25) is 5.02 Å². The Morgan fingerprint density at radius 3 is 2.45 bits per heavy atom. The minimum atomic E-state index is -0.246. The Morgan fingerprint density at radius 2 is 1.73 bits per heavy atom. The second kappa shape index (κ2) is 8.67. The predicted octanol–water partition coefficient (Wildman–Crippen LogP) is 4.56. The number of halogens is 1. The maximum atomic E-state index is 13.6. The van der Waals surface area contributed by atoms with Crippen LogP contribution in [-0.4, -0.2) is 38.2 Å². The van der Waals surface area contributed by atoms with Crippen molar-refractivity contribution < 1.29 is 4.79 Å². The Bertz CT molecular complexity index is 1380. The molecule has 3 heterocycles. The molecule has 6 nitrogen and oxygen atoms in total. The largest absolute Gasteiger partial charge is 0.341 e. The molecule has 7 heteroatoms.